The summed E-state index contributed by atoms with van der Waals surface area (Å²) in [7, 11) is 0. The molecule has 0 bridgehead atoms. The van der Waals surface area contributed by atoms with E-state index in [2.05, 4.69) is 25.6 Å². The summed E-state index contributed by atoms with van der Waals surface area (Å²) >= 11 is 0. The summed E-state index contributed by atoms with van der Waals surface area (Å²) in [5.41, 5.74) is 0.510. The largest absolute Gasteiger partial charge is 0.444 e. The molecule has 1 amide bonds. The molecule has 176 valence electrons. The van der Waals surface area contributed by atoms with Crippen molar-refractivity contribution in [3.05, 3.63) is 6.33 Å². The molecule has 1 saturated carbocycles. The number of carbonyl (C=O) groups is 1. The van der Waals surface area contributed by atoms with Crippen LogP contribution in [0.25, 0.3) is 11.2 Å². The van der Waals surface area contributed by atoms with Crippen LogP contribution in [0, 0.1) is 5.92 Å². The van der Waals surface area contributed by atoms with E-state index in [0.29, 0.717) is 35.4 Å². The maximum atomic E-state index is 14.8. The molecule has 1 aliphatic carbocycles. The van der Waals surface area contributed by atoms with Crippen molar-refractivity contribution in [3.63, 3.8) is 0 Å². The number of aromatic nitrogens is 4. The zero-order valence-corrected chi connectivity index (χ0v) is 19.0. The first-order valence-corrected chi connectivity index (χ1v) is 11.2. The molecule has 10 nitrogen and oxygen atoms in total. The van der Waals surface area contributed by atoms with Crippen molar-refractivity contribution in [3.8, 4) is 0 Å². The third-order valence-corrected chi connectivity index (χ3v) is 5.73. The van der Waals surface area contributed by atoms with Gasteiger partial charge in [-0.15, -0.1) is 0 Å². The highest BCUT2D eigenvalue weighted by molar-refractivity contribution is 5.84. The summed E-state index contributed by atoms with van der Waals surface area (Å²) in [6.07, 6.45) is 1.97. The van der Waals surface area contributed by atoms with E-state index >= 15 is 0 Å². The molecule has 3 atom stereocenters. The third kappa shape index (κ3) is 4.87. The second kappa shape index (κ2) is 8.68. The lowest BCUT2D eigenvalue weighted by Gasteiger charge is -2.24. The van der Waals surface area contributed by atoms with Crippen molar-refractivity contribution in [2.75, 3.05) is 30.3 Å². The lowest BCUT2D eigenvalue weighted by molar-refractivity contribution is 0.0283. The summed E-state index contributed by atoms with van der Waals surface area (Å²) in [5.74, 6) is 1.16. The van der Waals surface area contributed by atoms with Crippen LogP contribution in [0.4, 0.5) is 21.0 Å². The number of aryl methyl sites for hydroxylation is 1. The summed E-state index contributed by atoms with van der Waals surface area (Å²) in [6.45, 7) is 8.08. The minimum Gasteiger partial charge on any atom is -0.444 e. The molecule has 11 heteroatoms. The van der Waals surface area contributed by atoms with E-state index in [0.717, 1.165) is 12.8 Å². The lowest BCUT2D eigenvalue weighted by atomic mass is 10.2. The van der Waals surface area contributed by atoms with Gasteiger partial charge in [-0.2, -0.15) is 9.97 Å². The first-order chi connectivity index (χ1) is 15.2. The number of carbonyl (C=O) groups excluding carboxylic acids is 1. The molecule has 0 unspecified atom stereocenters. The van der Waals surface area contributed by atoms with Gasteiger partial charge in [0.1, 0.15) is 11.8 Å². The molecule has 1 saturated heterocycles. The third-order valence-electron chi connectivity index (χ3n) is 5.73. The number of aliphatic hydroxyl groups excluding tert-OH is 1. The molecule has 2 aliphatic rings. The van der Waals surface area contributed by atoms with Gasteiger partial charge in [-0.1, -0.05) is 0 Å². The molecule has 3 heterocycles. The van der Waals surface area contributed by atoms with Crippen LogP contribution in [-0.4, -0.2) is 79.2 Å². The fourth-order valence-electron chi connectivity index (χ4n) is 3.87. The maximum Gasteiger partial charge on any atom is 0.410 e. The zero-order chi connectivity index (χ0) is 23.0. The Morgan fingerprint density at radius 1 is 1.34 bits per heavy atom. The fourth-order valence-corrected chi connectivity index (χ4v) is 3.87. The van der Waals surface area contributed by atoms with Gasteiger partial charge in [-0.05, 0) is 46.5 Å². The van der Waals surface area contributed by atoms with Gasteiger partial charge >= 0.3 is 6.09 Å². The van der Waals surface area contributed by atoms with E-state index in [1.165, 1.54) is 4.90 Å². The van der Waals surface area contributed by atoms with Crippen molar-refractivity contribution >= 4 is 29.0 Å². The Kier molecular flexibility index (Phi) is 6.11. The van der Waals surface area contributed by atoms with Crippen LogP contribution in [-0.2, 0) is 11.3 Å². The van der Waals surface area contributed by atoms with Gasteiger partial charge in [0.2, 0.25) is 5.95 Å². The minimum atomic E-state index is -1.28. The van der Waals surface area contributed by atoms with Crippen molar-refractivity contribution in [2.45, 2.75) is 70.9 Å². The summed E-state index contributed by atoms with van der Waals surface area (Å²) in [6, 6.07) is -0.779. The molecule has 2 aromatic heterocycles. The monoisotopic (exact) mass is 449 g/mol. The van der Waals surface area contributed by atoms with E-state index in [9.17, 15) is 14.3 Å². The predicted molar refractivity (Wildman–Crippen MR) is 118 cm³/mol. The smallest absolute Gasteiger partial charge is 0.410 e. The van der Waals surface area contributed by atoms with Crippen LogP contribution in [0.2, 0.25) is 0 Å². The van der Waals surface area contributed by atoms with Gasteiger partial charge in [0.05, 0.1) is 31.6 Å². The number of likely N-dealkylation sites (tertiary alicyclic amines) is 1. The van der Waals surface area contributed by atoms with Gasteiger partial charge in [0.15, 0.2) is 17.0 Å². The molecule has 4 rings (SSSR count). The van der Waals surface area contributed by atoms with Gasteiger partial charge in [0, 0.05) is 13.1 Å². The second-order valence-electron chi connectivity index (χ2n) is 9.52. The number of nitrogens with zero attached hydrogens (tertiary/aromatic N) is 5. The number of fused-ring (bicyclic) bond motifs is 1. The second-order valence-corrected chi connectivity index (χ2v) is 9.52. The summed E-state index contributed by atoms with van der Waals surface area (Å²) < 4.78 is 22.1. The number of alkyl halides is 1. The SMILES string of the molecule is CCn1cnc2c(N[C@@H]3CN(C(=O)OC(C)(C)C)C[C@H]3F)nc(N[C@@H](CO)C3CC3)nc21. The van der Waals surface area contributed by atoms with E-state index < -0.39 is 23.9 Å². The Balaban J connectivity index is 1.56. The maximum absolute atomic E-state index is 14.8. The van der Waals surface area contributed by atoms with Crippen LogP contribution in [0.15, 0.2) is 6.33 Å². The number of amides is 1. The Bertz CT molecular complexity index is 972. The van der Waals surface area contributed by atoms with Gasteiger partial charge < -0.3 is 29.9 Å². The van der Waals surface area contributed by atoms with Crippen LogP contribution in [0.3, 0.4) is 0 Å². The average Bonchev–Trinajstić information content (AvgIpc) is 3.38. The van der Waals surface area contributed by atoms with Crippen molar-refractivity contribution in [1.29, 1.82) is 0 Å². The predicted octanol–water partition coefficient (Wildman–Crippen LogP) is 2.40. The Morgan fingerprint density at radius 3 is 2.72 bits per heavy atom. The Morgan fingerprint density at radius 2 is 2.09 bits per heavy atom. The zero-order valence-electron chi connectivity index (χ0n) is 19.0. The minimum absolute atomic E-state index is 0.0120. The number of halogens is 1. The number of nitrogens with one attached hydrogen (secondary N) is 2. The number of hydrogen-bond donors (Lipinski definition) is 3. The number of rotatable bonds is 7. The fraction of sp³-hybridized carbons (Fsp3) is 0.714. The van der Waals surface area contributed by atoms with E-state index in [-0.39, 0.29) is 25.7 Å². The molecule has 3 N–H and O–H groups in total. The molecular weight excluding hydrogens is 417 g/mol. The number of aliphatic hydroxyl groups is 1. The highest BCUT2D eigenvalue weighted by Crippen LogP contribution is 2.34. The van der Waals surface area contributed by atoms with Crippen molar-refractivity contribution in [1.82, 2.24) is 24.4 Å². The number of hydrogen-bond acceptors (Lipinski definition) is 8. The molecule has 32 heavy (non-hydrogen) atoms. The van der Waals surface area contributed by atoms with Gasteiger partial charge in [0.25, 0.3) is 0 Å². The molecule has 0 radical (unpaired) electrons. The van der Waals surface area contributed by atoms with Crippen LogP contribution in [0.5, 0.6) is 0 Å². The molecule has 2 aromatic rings. The van der Waals surface area contributed by atoms with Crippen molar-refractivity contribution in [2.24, 2.45) is 5.92 Å². The van der Waals surface area contributed by atoms with E-state index in [4.69, 9.17) is 4.74 Å². The van der Waals surface area contributed by atoms with Crippen LogP contribution < -0.4 is 10.6 Å². The number of imidazole rings is 1. The first kappa shape index (κ1) is 22.5. The van der Waals surface area contributed by atoms with E-state index in [1.807, 2.05) is 11.5 Å². The molecule has 2 fully saturated rings. The average molecular weight is 450 g/mol. The normalized spacial score (nSPS) is 22.2. The van der Waals surface area contributed by atoms with Crippen LogP contribution >= 0.6 is 0 Å². The van der Waals surface area contributed by atoms with Gasteiger partial charge in [-0.3, -0.25) is 0 Å². The number of ether oxygens (including phenoxy) is 1. The standard InChI is InChI=1S/C21H32FN7O3/c1-5-28-11-23-16-17(26-19(27-18(16)28)25-15(10-30)12-6-7-12)24-14-9-29(8-13(14)22)20(31)32-21(2,3)4/h11-15,30H,5-10H2,1-4H3,(H2,24,25,26,27)/t13-,14-,15+/m1/s1. The Labute approximate surface area is 186 Å². The summed E-state index contributed by atoms with van der Waals surface area (Å²) in [4.78, 5) is 27.3. The quantitative estimate of drug-likeness (QED) is 0.590. The molecule has 1 aliphatic heterocycles. The van der Waals surface area contributed by atoms with E-state index in [1.54, 1.807) is 27.1 Å². The molecule has 0 spiro atoms. The first-order valence-electron chi connectivity index (χ1n) is 11.2. The Hall–Kier alpha value is -2.69. The highest BCUT2D eigenvalue weighted by Gasteiger charge is 2.38. The molecule has 0 aromatic carbocycles. The highest BCUT2D eigenvalue weighted by atomic mass is 19.1. The molecular formula is C21H32FN7O3. The lowest BCUT2D eigenvalue weighted by Crippen LogP contribution is -2.36. The van der Waals surface area contributed by atoms with Crippen LogP contribution in [0.1, 0.15) is 40.5 Å². The van der Waals surface area contributed by atoms with Gasteiger partial charge in [-0.25, -0.2) is 14.2 Å². The number of anilines is 2. The summed E-state index contributed by atoms with van der Waals surface area (Å²) in [5, 5.41) is 16.1. The topological polar surface area (TPSA) is 117 Å². The van der Waals surface area contributed by atoms with Crippen molar-refractivity contribution < 1.29 is 19.0 Å².